The van der Waals surface area contributed by atoms with Crippen molar-refractivity contribution in [2.24, 2.45) is 0 Å². The van der Waals surface area contributed by atoms with Gasteiger partial charge in [-0.25, -0.2) is 9.97 Å². The third-order valence-electron chi connectivity index (χ3n) is 4.40. The Labute approximate surface area is 170 Å². The molecule has 7 heteroatoms. The van der Waals surface area contributed by atoms with Crippen LogP contribution in [0.4, 0.5) is 17.3 Å². The molecule has 7 nitrogen and oxygen atoms in total. The van der Waals surface area contributed by atoms with Gasteiger partial charge in [-0.15, -0.1) is 0 Å². The second-order valence-corrected chi connectivity index (χ2v) is 6.41. The van der Waals surface area contributed by atoms with Crippen LogP contribution in [-0.4, -0.2) is 36.5 Å². The maximum atomic E-state index is 11.4. The Morgan fingerprint density at radius 1 is 0.931 bits per heavy atom. The Morgan fingerprint density at radius 3 is 2.34 bits per heavy atom. The van der Waals surface area contributed by atoms with E-state index in [4.69, 9.17) is 9.47 Å². The number of rotatable bonds is 9. The standard InChI is InChI=1S/C22H24N4O3/c1-15(27)17-5-7-18(8-6-17)26-22-13-21(24-14-25-22)23-11-10-16-4-9-19(28-2)20(12-16)29-3/h4-9,12-14H,10-11H2,1-3H3,(H2,23,24,25,26). The van der Waals surface area contributed by atoms with E-state index in [1.807, 2.05) is 36.4 Å². The summed E-state index contributed by atoms with van der Waals surface area (Å²) in [5.41, 5.74) is 2.66. The summed E-state index contributed by atoms with van der Waals surface area (Å²) in [5, 5.41) is 6.52. The Hall–Kier alpha value is -3.61. The van der Waals surface area contributed by atoms with Gasteiger partial charge in [0.05, 0.1) is 14.2 Å². The van der Waals surface area contributed by atoms with Crippen molar-refractivity contribution in [3.05, 3.63) is 66.0 Å². The van der Waals surface area contributed by atoms with Gasteiger partial charge in [0.1, 0.15) is 18.0 Å². The van der Waals surface area contributed by atoms with Crippen LogP contribution in [0.15, 0.2) is 54.9 Å². The normalized spacial score (nSPS) is 10.3. The van der Waals surface area contributed by atoms with E-state index >= 15 is 0 Å². The van der Waals surface area contributed by atoms with Gasteiger partial charge in [-0.2, -0.15) is 0 Å². The number of carbonyl (C=O) groups excluding carboxylic acids is 1. The maximum Gasteiger partial charge on any atom is 0.160 e. The number of hydrogen-bond donors (Lipinski definition) is 2. The molecule has 3 rings (SSSR count). The largest absolute Gasteiger partial charge is 0.493 e. The van der Waals surface area contributed by atoms with Crippen LogP contribution in [0.25, 0.3) is 0 Å². The van der Waals surface area contributed by atoms with Gasteiger partial charge in [0.2, 0.25) is 0 Å². The Bertz CT molecular complexity index is 974. The van der Waals surface area contributed by atoms with Crippen molar-refractivity contribution in [2.75, 3.05) is 31.4 Å². The zero-order valence-electron chi connectivity index (χ0n) is 16.7. The smallest absolute Gasteiger partial charge is 0.160 e. The van der Waals surface area contributed by atoms with Crippen molar-refractivity contribution < 1.29 is 14.3 Å². The van der Waals surface area contributed by atoms with Gasteiger partial charge in [0.15, 0.2) is 17.3 Å². The van der Waals surface area contributed by atoms with Crippen LogP contribution in [0.1, 0.15) is 22.8 Å². The van der Waals surface area contributed by atoms with Gasteiger partial charge < -0.3 is 20.1 Å². The minimum Gasteiger partial charge on any atom is -0.493 e. The third kappa shape index (κ3) is 5.44. The lowest BCUT2D eigenvalue weighted by Gasteiger charge is -2.11. The summed E-state index contributed by atoms with van der Waals surface area (Å²) in [6, 6.07) is 15.0. The average Bonchev–Trinajstić information content (AvgIpc) is 2.74. The number of anilines is 3. The second kappa shape index (κ2) is 9.54. The summed E-state index contributed by atoms with van der Waals surface area (Å²) in [6.07, 6.45) is 2.31. The van der Waals surface area contributed by atoms with Gasteiger partial charge in [-0.3, -0.25) is 4.79 Å². The monoisotopic (exact) mass is 392 g/mol. The van der Waals surface area contributed by atoms with Crippen LogP contribution in [0.5, 0.6) is 11.5 Å². The number of benzene rings is 2. The van der Waals surface area contributed by atoms with E-state index in [-0.39, 0.29) is 5.78 Å². The van der Waals surface area contributed by atoms with Crippen LogP contribution in [0.2, 0.25) is 0 Å². The van der Waals surface area contributed by atoms with Gasteiger partial charge in [0.25, 0.3) is 0 Å². The number of aromatic nitrogens is 2. The van der Waals surface area contributed by atoms with Crippen molar-refractivity contribution in [1.82, 2.24) is 9.97 Å². The van der Waals surface area contributed by atoms with E-state index < -0.39 is 0 Å². The first kappa shape index (κ1) is 20.1. The van der Waals surface area contributed by atoms with E-state index in [2.05, 4.69) is 20.6 Å². The summed E-state index contributed by atoms with van der Waals surface area (Å²) in [5.74, 6) is 2.87. The molecule has 0 aliphatic rings. The van der Waals surface area contributed by atoms with Crippen molar-refractivity contribution in [3.63, 3.8) is 0 Å². The number of Topliss-reactive ketones (excluding diaryl/α,β-unsaturated/α-hetero) is 1. The molecular formula is C22H24N4O3. The molecule has 0 saturated carbocycles. The van der Waals surface area contributed by atoms with E-state index in [9.17, 15) is 4.79 Å². The van der Waals surface area contributed by atoms with Crippen LogP contribution in [0, 0.1) is 0 Å². The molecule has 0 amide bonds. The zero-order chi connectivity index (χ0) is 20.6. The van der Waals surface area contributed by atoms with Crippen LogP contribution in [0.3, 0.4) is 0 Å². The topological polar surface area (TPSA) is 85.4 Å². The molecule has 1 heterocycles. The number of hydrogen-bond acceptors (Lipinski definition) is 7. The summed E-state index contributed by atoms with van der Waals surface area (Å²) in [4.78, 5) is 19.9. The lowest BCUT2D eigenvalue weighted by Crippen LogP contribution is -2.07. The number of nitrogens with zero attached hydrogens (tertiary/aromatic N) is 2. The highest BCUT2D eigenvalue weighted by Gasteiger charge is 2.05. The first-order valence-corrected chi connectivity index (χ1v) is 9.24. The number of ketones is 1. The fourth-order valence-electron chi connectivity index (χ4n) is 2.83. The quantitative estimate of drug-likeness (QED) is 0.530. The number of carbonyl (C=O) groups is 1. The van der Waals surface area contributed by atoms with Crippen molar-refractivity contribution in [1.29, 1.82) is 0 Å². The van der Waals surface area contributed by atoms with E-state index in [0.29, 0.717) is 29.4 Å². The molecule has 3 aromatic rings. The van der Waals surface area contributed by atoms with Crippen molar-refractivity contribution >= 4 is 23.1 Å². The van der Waals surface area contributed by atoms with Gasteiger partial charge in [-0.05, 0) is 55.3 Å². The molecule has 29 heavy (non-hydrogen) atoms. The lowest BCUT2D eigenvalue weighted by atomic mass is 10.1. The summed E-state index contributed by atoms with van der Waals surface area (Å²) >= 11 is 0. The van der Waals surface area contributed by atoms with Crippen LogP contribution < -0.4 is 20.1 Å². The highest BCUT2D eigenvalue weighted by atomic mass is 16.5. The first-order chi connectivity index (χ1) is 14.1. The molecule has 0 saturated heterocycles. The molecule has 2 N–H and O–H groups in total. The molecule has 0 aliphatic heterocycles. The second-order valence-electron chi connectivity index (χ2n) is 6.41. The lowest BCUT2D eigenvalue weighted by molar-refractivity contribution is 0.101. The third-order valence-corrected chi connectivity index (χ3v) is 4.40. The van der Waals surface area contributed by atoms with Gasteiger partial charge in [-0.1, -0.05) is 6.07 Å². The molecular weight excluding hydrogens is 368 g/mol. The number of ether oxygens (including phenoxy) is 2. The molecule has 1 aromatic heterocycles. The minimum atomic E-state index is 0.0413. The predicted octanol–water partition coefficient (Wildman–Crippen LogP) is 4.09. The van der Waals surface area contributed by atoms with Crippen LogP contribution in [-0.2, 0) is 6.42 Å². The van der Waals surface area contributed by atoms with E-state index in [0.717, 1.165) is 23.5 Å². The Morgan fingerprint density at radius 2 is 1.66 bits per heavy atom. The molecule has 0 spiro atoms. The van der Waals surface area contributed by atoms with Crippen molar-refractivity contribution in [3.8, 4) is 11.5 Å². The van der Waals surface area contributed by atoms with E-state index in [1.165, 1.54) is 6.33 Å². The SMILES string of the molecule is COc1ccc(CCNc2cc(Nc3ccc(C(C)=O)cc3)ncn2)cc1OC. The molecule has 0 atom stereocenters. The van der Waals surface area contributed by atoms with E-state index in [1.54, 1.807) is 33.3 Å². The highest BCUT2D eigenvalue weighted by Crippen LogP contribution is 2.27. The summed E-state index contributed by atoms with van der Waals surface area (Å²) in [7, 11) is 3.25. The van der Waals surface area contributed by atoms with Crippen molar-refractivity contribution in [2.45, 2.75) is 13.3 Å². The fraction of sp³-hybridized carbons (Fsp3) is 0.227. The highest BCUT2D eigenvalue weighted by molar-refractivity contribution is 5.94. The summed E-state index contributed by atoms with van der Waals surface area (Å²) < 4.78 is 10.6. The maximum absolute atomic E-state index is 11.4. The predicted molar refractivity (Wildman–Crippen MR) is 114 cm³/mol. The molecule has 0 aliphatic carbocycles. The molecule has 0 radical (unpaired) electrons. The zero-order valence-corrected chi connectivity index (χ0v) is 16.7. The number of methoxy groups -OCH3 is 2. The first-order valence-electron chi connectivity index (χ1n) is 9.24. The fourth-order valence-corrected chi connectivity index (χ4v) is 2.83. The number of nitrogens with one attached hydrogen (secondary N) is 2. The molecule has 0 fully saturated rings. The Kier molecular flexibility index (Phi) is 6.63. The summed E-state index contributed by atoms with van der Waals surface area (Å²) in [6.45, 7) is 2.26. The average molecular weight is 392 g/mol. The van der Waals surface area contributed by atoms with Crippen LogP contribution >= 0.6 is 0 Å². The molecule has 150 valence electrons. The van der Waals surface area contributed by atoms with Gasteiger partial charge in [0, 0.05) is 23.9 Å². The van der Waals surface area contributed by atoms with Gasteiger partial charge >= 0.3 is 0 Å². The Balaban J connectivity index is 1.58. The minimum absolute atomic E-state index is 0.0413. The molecule has 2 aromatic carbocycles. The molecule has 0 bridgehead atoms. The molecule has 0 unspecified atom stereocenters.